The molecule has 0 aromatic heterocycles. The molecule has 160 valence electrons. The minimum Gasteiger partial charge on any atom is -0.482 e. The van der Waals surface area contributed by atoms with Crippen molar-refractivity contribution in [2.75, 3.05) is 13.4 Å². The van der Waals surface area contributed by atoms with Gasteiger partial charge >= 0.3 is 5.97 Å². The Labute approximate surface area is 176 Å². The number of nitrogens with one attached hydrogen (secondary N) is 1. The van der Waals surface area contributed by atoms with E-state index in [1.54, 1.807) is 12.1 Å². The van der Waals surface area contributed by atoms with Gasteiger partial charge in [-0.3, -0.25) is 4.79 Å². The van der Waals surface area contributed by atoms with Crippen molar-refractivity contribution in [3.05, 3.63) is 53.6 Å². The predicted octanol–water partition coefficient (Wildman–Crippen LogP) is 3.34. The minimum atomic E-state index is -0.937. The fourth-order valence-corrected chi connectivity index (χ4v) is 3.02. The van der Waals surface area contributed by atoms with Crippen LogP contribution in [0.2, 0.25) is 0 Å². The molecule has 7 heteroatoms. The molecule has 1 atom stereocenters. The van der Waals surface area contributed by atoms with Gasteiger partial charge in [0.1, 0.15) is 5.75 Å². The molecule has 0 fully saturated rings. The first-order valence-electron chi connectivity index (χ1n) is 9.82. The molecule has 1 heterocycles. The molecule has 0 aliphatic carbocycles. The number of fused-ring (bicyclic) bond motifs is 1. The van der Waals surface area contributed by atoms with Crippen molar-refractivity contribution in [2.24, 2.45) is 0 Å². The van der Waals surface area contributed by atoms with E-state index >= 15 is 0 Å². The van der Waals surface area contributed by atoms with Crippen LogP contribution in [0.15, 0.2) is 42.5 Å². The normalized spacial score (nSPS) is 13.5. The first kappa shape index (κ1) is 21.5. The van der Waals surface area contributed by atoms with Crippen LogP contribution >= 0.6 is 0 Å². The summed E-state index contributed by atoms with van der Waals surface area (Å²) in [7, 11) is 0. The van der Waals surface area contributed by atoms with Crippen molar-refractivity contribution >= 4 is 11.9 Å². The van der Waals surface area contributed by atoms with Crippen LogP contribution in [-0.4, -0.2) is 31.4 Å². The largest absolute Gasteiger partial charge is 0.482 e. The van der Waals surface area contributed by atoms with Gasteiger partial charge < -0.3 is 24.3 Å². The highest BCUT2D eigenvalue weighted by molar-refractivity contribution is 5.83. The fourth-order valence-electron chi connectivity index (χ4n) is 3.02. The number of benzene rings is 2. The molecule has 2 aromatic carbocycles. The lowest BCUT2D eigenvalue weighted by molar-refractivity contribution is -0.156. The molecule has 1 amide bonds. The van der Waals surface area contributed by atoms with Gasteiger partial charge in [-0.2, -0.15) is 0 Å². The number of esters is 1. The van der Waals surface area contributed by atoms with Gasteiger partial charge in [-0.1, -0.05) is 45.0 Å². The van der Waals surface area contributed by atoms with Crippen LogP contribution in [0.5, 0.6) is 17.2 Å². The highest BCUT2D eigenvalue weighted by Crippen LogP contribution is 2.32. The Balaban J connectivity index is 1.47. The second-order valence-corrected chi connectivity index (χ2v) is 8.07. The van der Waals surface area contributed by atoms with Gasteiger partial charge in [-0.05, 0) is 41.7 Å². The van der Waals surface area contributed by atoms with Crippen molar-refractivity contribution in [1.29, 1.82) is 0 Å². The summed E-state index contributed by atoms with van der Waals surface area (Å²) in [5.74, 6) is 0.955. The Bertz CT molecular complexity index is 918. The summed E-state index contributed by atoms with van der Waals surface area (Å²) in [6, 6.07) is 13.0. The second kappa shape index (κ2) is 9.07. The number of para-hydroxylation sites is 1. The van der Waals surface area contributed by atoms with E-state index in [0.717, 1.165) is 11.1 Å². The first-order chi connectivity index (χ1) is 14.2. The van der Waals surface area contributed by atoms with Crippen LogP contribution < -0.4 is 19.5 Å². The van der Waals surface area contributed by atoms with E-state index in [1.165, 1.54) is 6.92 Å². The van der Waals surface area contributed by atoms with E-state index in [4.69, 9.17) is 18.9 Å². The van der Waals surface area contributed by atoms with Gasteiger partial charge in [0, 0.05) is 6.54 Å². The summed E-state index contributed by atoms with van der Waals surface area (Å²) >= 11 is 0. The Morgan fingerprint density at radius 2 is 1.83 bits per heavy atom. The van der Waals surface area contributed by atoms with Crippen molar-refractivity contribution < 1.29 is 28.5 Å². The zero-order valence-corrected chi connectivity index (χ0v) is 17.7. The Morgan fingerprint density at radius 1 is 1.10 bits per heavy atom. The maximum atomic E-state index is 12.3. The number of ether oxygens (including phenoxy) is 4. The predicted molar refractivity (Wildman–Crippen MR) is 111 cm³/mol. The Kier molecular flexibility index (Phi) is 6.50. The number of carbonyl (C=O) groups excluding carboxylic acids is 2. The first-order valence-corrected chi connectivity index (χ1v) is 9.82. The number of rotatable bonds is 7. The number of hydrogen-bond acceptors (Lipinski definition) is 6. The van der Waals surface area contributed by atoms with Gasteiger partial charge in [-0.25, -0.2) is 4.79 Å². The lowest BCUT2D eigenvalue weighted by Crippen LogP contribution is -2.36. The van der Waals surface area contributed by atoms with Crippen molar-refractivity contribution in [3.8, 4) is 17.2 Å². The molecule has 1 N–H and O–H groups in total. The van der Waals surface area contributed by atoms with Gasteiger partial charge in [-0.15, -0.1) is 0 Å². The molecule has 0 saturated heterocycles. The molecule has 0 spiro atoms. The van der Waals surface area contributed by atoms with Crippen molar-refractivity contribution in [3.63, 3.8) is 0 Å². The average Bonchev–Trinajstić information content (AvgIpc) is 3.17. The summed E-state index contributed by atoms with van der Waals surface area (Å²) in [6.07, 6.45) is -0.937. The van der Waals surface area contributed by atoms with E-state index in [1.807, 2.05) is 30.3 Å². The van der Waals surface area contributed by atoms with Crippen molar-refractivity contribution in [1.82, 2.24) is 5.32 Å². The number of carbonyl (C=O) groups is 2. The SMILES string of the molecule is C[C@H](OC(=O)COc1ccccc1C(C)(C)C)C(=O)NCc1ccc2c(c1)OCO2. The molecule has 0 unspecified atom stereocenters. The molecule has 3 rings (SSSR count). The maximum Gasteiger partial charge on any atom is 0.344 e. The summed E-state index contributed by atoms with van der Waals surface area (Å²) < 4.78 is 21.4. The third kappa shape index (κ3) is 5.43. The molecule has 0 radical (unpaired) electrons. The Morgan fingerprint density at radius 3 is 2.60 bits per heavy atom. The van der Waals surface area contributed by atoms with Gasteiger partial charge in [0.2, 0.25) is 6.79 Å². The van der Waals surface area contributed by atoms with Crippen LogP contribution in [0.3, 0.4) is 0 Å². The molecule has 30 heavy (non-hydrogen) atoms. The summed E-state index contributed by atoms with van der Waals surface area (Å²) in [5, 5.41) is 2.74. The monoisotopic (exact) mass is 413 g/mol. The Hall–Kier alpha value is -3.22. The van der Waals surface area contributed by atoms with Crippen LogP contribution in [-0.2, 0) is 26.3 Å². The van der Waals surface area contributed by atoms with Gasteiger partial charge in [0.25, 0.3) is 5.91 Å². The van der Waals surface area contributed by atoms with Gasteiger partial charge in [0.05, 0.1) is 0 Å². The second-order valence-electron chi connectivity index (χ2n) is 8.07. The zero-order valence-electron chi connectivity index (χ0n) is 17.7. The number of hydrogen-bond donors (Lipinski definition) is 1. The summed E-state index contributed by atoms with van der Waals surface area (Å²) in [5.41, 5.74) is 1.73. The summed E-state index contributed by atoms with van der Waals surface area (Å²) in [4.78, 5) is 24.4. The summed E-state index contributed by atoms with van der Waals surface area (Å²) in [6.45, 7) is 7.94. The third-order valence-corrected chi connectivity index (χ3v) is 4.62. The van der Waals surface area contributed by atoms with Crippen molar-refractivity contribution in [2.45, 2.75) is 45.8 Å². The van der Waals surface area contributed by atoms with E-state index in [-0.39, 0.29) is 25.4 Å². The molecule has 7 nitrogen and oxygen atoms in total. The lowest BCUT2D eigenvalue weighted by Gasteiger charge is -2.22. The van der Waals surface area contributed by atoms with Crippen LogP contribution in [0.25, 0.3) is 0 Å². The highest BCUT2D eigenvalue weighted by atomic mass is 16.7. The zero-order chi connectivity index (χ0) is 21.7. The molecule has 1 aliphatic rings. The molecule has 0 bridgehead atoms. The molecule has 2 aromatic rings. The van der Waals surface area contributed by atoms with E-state index in [0.29, 0.717) is 17.2 Å². The number of amides is 1. The van der Waals surface area contributed by atoms with Crippen LogP contribution in [0.4, 0.5) is 0 Å². The molecular formula is C23H27NO6. The topological polar surface area (TPSA) is 83.1 Å². The minimum absolute atomic E-state index is 0.123. The van der Waals surface area contributed by atoms with Crippen LogP contribution in [0.1, 0.15) is 38.8 Å². The van der Waals surface area contributed by atoms with Crippen LogP contribution in [0, 0.1) is 0 Å². The molecule has 1 aliphatic heterocycles. The van der Waals surface area contributed by atoms with E-state index in [2.05, 4.69) is 26.1 Å². The quantitative estimate of drug-likeness (QED) is 0.701. The molecule has 0 saturated carbocycles. The van der Waals surface area contributed by atoms with E-state index < -0.39 is 18.0 Å². The van der Waals surface area contributed by atoms with Gasteiger partial charge in [0.15, 0.2) is 24.2 Å². The standard InChI is InChI=1S/C23H27NO6/c1-15(22(26)24-12-16-9-10-19-20(11-16)29-14-28-19)30-21(25)13-27-18-8-6-5-7-17(18)23(2,3)4/h5-11,15H,12-14H2,1-4H3,(H,24,26)/t15-/m0/s1. The lowest BCUT2D eigenvalue weighted by atomic mass is 9.86. The fraction of sp³-hybridized carbons (Fsp3) is 0.391. The average molecular weight is 413 g/mol. The smallest absolute Gasteiger partial charge is 0.344 e. The maximum absolute atomic E-state index is 12.3. The molecular weight excluding hydrogens is 386 g/mol. The third-order valence-electron chi connectivity index (χ3n) is 4.62. The van der Waals surface area contributed by atoms with E-state index in [9.17, 15) is 9.59 Å². The highest BCUT2D eigenvalue weighted by Gasteiger charge is 2.21.